The van der Waals surface area contributed by atoms with Gasteiger partial charge in [0.05, 0.1) is 0 Å². The molecule has 0 spiro atoms. The van der Waals surface area contributed by atoms with E-state index in [0.29, 0.717) is 0 Å². The van der Waals surface area contributed by atoms with Gasteiger partial charge in [0.25, 0.3) is 0 Å². The minimum atomic E-state index is 1.18. The fourth-order valence-corrected chi connectivity index (χ4v) is 1.17. The molecule has 0 N–H and O–H groups in total. The Morgan fingerprint density at radius 2 is 2.12 bits per heavy atom. The summed E-state index contributed by atoms with van der Waals surface area (Å²) in [5, 5.41) is 0. The van der Waals surface area contributed by atoms with Crippen LogP contribution >= 0.6 is 0 Å². The van der Waals surface area contributed by atoms with Crippen molar-refractivity contribution in [2.24, 2.45) is 0 Å². The maximum atomic E-state index is 2.28. The normalized spacial score (nSPS) is 19.4. The van der Waals surface area contributed by atoms with E-state index in [2.05, 4.69) is 40.4 Å². The van der Waals surface area contributed by atoms with Gasteiger partial charge in [0.15, 0.2) is 0 Å². The molecule has 1 aliphatic carbocycles. The van der Waals surface area contributed by atoms with E-state index >= 15 is 0 Å². The molecule has 0 unspecified atom stereocenters. The molecule has 1 rings (SSSR count). The van der Waals surface area contributed by atoms with E-state index < -0.39 is 0 Å². The van der Waals surface area contributed by atoms with Crippen molar-refractivity contribution in [3.8, 4) is 0 Å². The molecule has 8 heavy (non-hydrogen) atoms. The molecule has 0 fully saturated rings. The van der Waals surface area contributed by atoms with Crippen LogP contribution in [-0.2, 0) is 20.4 Å². The van der Waals surface area contributed by atoms with Crippen LogP contribution in [-0.4, -0.2) is 0 Å². The predicted molar refractivity (Wildman–Crippen MR) is 31.1 cm³/mol. The van der Waals surface area contributed by atoms with Gasteiger partial charge in [-0.3, -0.25) is 0 Å². The summed E-state index contributed by atoms with van der Waals surface area (Å²) in [4.78, 5) is 0. The molecule has 0 atom stereocenters. The summed E-state index contributed by atoms with van der Waals surface area (Å²) in [7, 11) is 0. The Labute approximate surface area is 62.1 Å². The van der Waals surface area contributed by atoms with Crippen molar-refractivity contribution < 1.29 is 20.4 Å². The minimum absolute atomic E-state index is 1.18. The molecular formula is C7H9Ti. The molecule has 0 amide bonds. The van der Waals surface area contributed by atoms with E-state index in [0.717, 1.165) is 0 Å². The number of allylic oxidation sites excluding steroid dienone is 4. The average molecular weight is 141 g/mol. The predicted octanol–water partition coefficient (Wildman–Crippen LogP) is 2.16. The van der Waals surface area contributed by atoms with Gasteiger partial charge in [-0.25, -0.2) is 0 Å². The van der Waals surface area contributed by atoms with E-state index in [4.69, 9.17) is 0 Å². The molecular weight excluding hydrogens is 132 g/mol. The van der Waals surface area contributed by atoms with Crippen LogP contribution in [0, 0.1) is 0 Å². The van der Waals surface area contributed by atoms with Crippen molar-refractivity contribution in [3.05, 3.63) is 21.1 Å². The van der Waals surface area contributed by atoms with Gasteiger partial charge in [0.1, 0.15) is 0 Å². The van der Waals surface area contributed by atoms with Crippen LogP contribution in [0.5, 0.6) is 0 Å². The Bertz CT molecular complexity index is 158. The zero-order chi connectivity index (χ0) is 6.15. The fraction of sp³-hybridized carbons (Fsp3) is 0.429. The van der Waals surface area contributed by atoms with E-state index in [9.17, 15) is 0 Å². The van der Waals surface area contributed by atoms with Gasteiger partial charge in [-0.2, -0.15) is 0 Å². The van der Waals surface area contributed by atoms with E-state index in [1.54, 1.807) is 0 Å². The van der Waals surface area contributed by atoms with Gasteiger partial charge in [-0.15, -0.1) is 0 Å². The number of hydrogen-bond donors (Lipinski definition) is 0. The van der Waals surface area contributed by atoms with Crippen LogP contribution in [0.2, 0.25) is 0 Å². The monoisotopic (exact) mass is 141 g/mol. The topological polar surface area (TPSA) is 0 Å². The van der Waals surface area contributed by atoms with Crippen LogP contribution in [0.4, 0.5) is 0 Å². The van der Waals surface area contributed by atoms with E-state index in [1.165, 1.54) is 21.4 Å². The third-order valence-corrected chi connectivity index (χ3v) is 2.82. The number of hydrogen-bond acceptors (Lipinski definition) is 0. The molecule has 0 aromatic rings. The van der Waals surface area contributed by atoms with Crippen LogP contribution in [0.3, 0.4) is 0 Å². The first-order chi connectivity index (χ1) is 3.72. The molecule has 0 aliphatic heterocycles. The Hall–Kier alpha value is 0.194. The third kappa shape index (κ3) is 0.960. The van der Waals surface area contributed by atoms with Crippen LogP contribution in [0.15, 0.2) is 21.1 Å². The quantitative estimate of drug-likeness (QED) is 0.453. The van der Waals surface area contributed by atoms with Crippen molar-refractivity contribution in [3.63, 3.8) is 0 Å². The molecule has 41 valence electrons. The zero-order valence-corrected chi connectivity index (χ0v) is 6.85. The summed E-state index contributed by atoms with van der Waals surface area (Å²) in [5.41, 5.74) is 2.99. The first kappa shape index (κ1) is 6.32. The standard InChI is InChI=1S/C7H9.Ti/c1-6-3-4-7(2)5-6;/h3H,4H2,1-2H3;. The summed E-state index contributed by atoms with van der Waals surface area (Å²) in [6.45, 7) is 4.37. The SMILES string of the molecule is CC1=CCC(C)=[C]1[Ti]. The average Bonchev–Trinajstić information content (AvgIpc) is 1.98. The molecule has 0 saturated carbocycles. The van der Waals surface area contributed by atoms with E-state index in [1.807, 2.05) is 0 Å². The second kappa shape index (κ2) is 2.20. The summed E-state index contributed by atoms with van der Waals surface area (Å²) >= 11 is 2.19. The molecule has 1 heteroatoms. The number of rotatable bonds is 0. The third-order valence-electron chi connectivity index (χ3n) is 1.54. The molecule has 0 radical (unpaired) electrons. The van der Waals surface area contributed by atoms with Crippen molar-refractivity contribution >= 4 is 0 Å². The molecule has 0 aromatic carbocycles. The maximum absolute atomic E-state index is 2.28. The van der Waals surface area contributed by atoms with Gasteiger partial charge >= 0.3 is 61.8 Å². The van der Waals surface area contributed by atoms with E-state index in [-0.39, 0.29) is 0 Å². The first-order valence-corrected chi connectivity index (χ1v) is 3.58. The molecule has 1 aliphatic rings. The molecule has 0 aromatic heterocycles. The molecule has 0 saturated heterocycles. The Kier molecular flexibility index (Phi) is 1.74. The van der Waals surface area contributed by atoms with Crippen molar-refractivity contribution in [1.82, 2.24) is 0 Å². The van der Waals surface area contributed by atoms with Gasteiger partial charge in [0.2, 0.25) is 0 Å². The van der Waals surface area contributed by atoms with Gasteiger partial charge in [0, 0.05) is 0 Å². The first-order valence-electron chi connectivity index (χ1n) is 2.80. The second-order valence-corrected chi connectivity index (χ2v) is 3.03. The summed E-state index contributed by atoms with van der Waals surface area (Å²) in [5.74, 6) is 0. The Balaban J connectivity index is 2.88. The zero-order valence-electron chi connectivity index (χ0n) is 5.28. The summed E-state index contributed by atoms with van der Waals surface area (Å²) < 4.78 is 1.49. The summed E-state index contributed by atoms with van der Waals surface area (Å²) in [6.07, 6.45) is 3.46. The van der Waals surface area contributed by atoms with Crippen molar-refractivity contribution in [1.29, 1.82) is 0 Å². The Morgan fingerprint density at radius 3 is 2.25 bits per heavy atom. The molecule has 0 nitrogen and oxygen atoms in total. The fourth-order valence-electron chi connectivity index (χ4n) is 0.847. The van der Waals surface area contributed by atoms with Gasteiger partial charge in [-0.1, -0.05) is 0 Å². The van der Waals surface area contributed by atoms with Crippen LogP contribution < -0.4 is 0 Å². The van der Waals surface area contributed by atoms with Crippen molar-refractivity contribution in [2.45, 2.75) is 20.3 Å². The van der Waals surface area contributed by atoms with Crippen LogP contribution in [0.1, 0.15) is 20.3 Å². The molecule has 0 bridgehead atoms. The summed E-state index contributed by atoms with van der Waals surface area (Å²) in [6, 6.07) is 0. The van der Waals surface area contributed by atoms with Gasteiger partial charge < -0.3 is 0 Å². The Morgan fingerprint density at radius 1 is 1.50 bits per heavy atom. The van der Waals surface area contributed by atoms with Crippen LogP contribution in [0.25, 0.3) is 0 Å². The van der Waals surface area contributed by atoms with Gasteiger partial charge in [-0.05, 0) is 0 Å². The second-order valence-electron chi connectivity index (χ2n) is 2.25. The molecule has 0 heterocycles. The van der Waals surface area contributed by atoms with Crippen molar-refractivity contribution in [2.75, 3.05) is 0 Å².